The number of fused-ring (bicyclic) bond motifs is 1. The Bertz CT molecular complexity index is 505. The number of hydrogen-bond acceptors (Lipinski definition) is 4. The van der Waals surface area contributed by atoms with Crippen molar-refractivity contribution in [2.45, 2.75) is 26.3 Å². The summed E-state index contributed by atoms with van der Waals surface area (Å²) in [5, 5.41) is 9.41. The molecule has 0 fully saturated rings. The SMILES string of the molecule is CC(C)N(CCCN)c1cnnc2ccccc12. The molecular weight excluding hydrogens is 224 g/mol. The molecule has 96 valence electrons. The fourth-order valence-electron chi connectivity index (χ4n) is 2.14. The Morgan fingerprint density at radius 2 is 2.06 bits per heavy atom. The summed E-state index contributed by atoms with van der Waals surface area (Å²) >= 11 is 0. The second-order valence-electron chi connectivity index (χ2n) is 4.68. The number of aromatic nitrogens is 2. The lowest BCUT2D eigenvalue weighted by Gasteiger charge is -2.29. The van der Waals surface area contributed by atoms with Gasteiger partial charge >= 0.3 is 0 Å². The van der Waals surface area contributed by atoms with E-state index in [1.54, 1.807) is 0 Å². The van der Waals surface area contributed by atoms with E-state index in [1.807, 2.05) is 24.4 Å². The summed E-state index contributed by atoms with van der Waals surface area (Å²) in [5.41, 5.74) is 7.69. The molecule has 1 aromatic heterocycles. The number of nitrogens with zero attached hydrogens (tertiary/aromatic N) is 3. The molecule has 0 atom stereocenters. The minimum absolute atomic E-state index is 0.421. The molecule has 0 unspecified atom stereocenters. The van der Waals surface area contributed by atoms with E-state index in [1.165, 1.54) is 0 Å². The van der Waals surface area contributed by atoms with E-state index in [4.69, 9.17) is 5.73 Å². The topological polar surface area (TPSA) is 55.0 Å². The van der Waals surface area contributed by atoms with Gasteiger partial charge in [-0.05, 0) is 32.9 Å². The molecule has 0 saturated carbocycles. The van der Waals surface area contributed by atoms with Crippen LogP contribution in [0.3, 0.4) is 0 Å². The summed E-state index contributed by atoms with van der Waals surface area (Å²) in [4.78, 5) is 2.34. The molecule has 18 heavy (non-hydrogen) atoms. The average Bonchev–Trinajstić information content (AvgIpc) is 2.39. The van der Waals surface area contributed by atoms with Gasteiger partial charge in [0.1, 0.15) is 0 Å². The highest BCUT2D eigenvalue weighted by Crippen LogP contribution is 2.25. The van der Waals surface area contributed by atoms with Crippen molar-refractivity contribution in [3.8, 4) is 0 Å². The summed E-state index contributed by atoms with van der Waals surface area (Å²) in [6.07, 6.45) is 2.83. The Labute approximate surface area is 108 Å². The minimum Gasteiger partial charge on any atom is -0.367 e. The van der Waals surface area contributed by atoms with Crippen LogP contribution in [0.5, 0.6) is 0 Å². The summed E-state index contributed by atoms with van der Waals surface area (Å²) < 4.78 is 0. The zero-order valence-electron chi connectivity index (χ0n) is 11.0. The zero-order chi connectivity index (χ0) is 13.0. The maximum atomic E-state index is 5.61. The third-order valence-corrected chi connectivity index (χ3v) is 3.06. The highest BCUT2D eigenvalue weighted by atomic mass is 15.2. The van der Waals surface area contributed by atoms with Gasteiger partial charge in [0.25, 0.3) is 0 Å². The van der Waals surface area contributed by atoms with E-state index in [-0.39, 0.29) is 0 Å². The van der Waals surface area contributed by atoms with Crippen LogP contribution >= 0.6 is 0 Å². The van der Waals surface area contributed by atoms with Crippen LogP contribution in [0, 0.1) is 0 Å². The van der Waals surface area contributed by atoms with Gasteiger partial charge < -0.3 is 10.6 Å². The van der Waals surface area contributed by atoms with Crippen molar-refractivity contribution in [2.24, 2.45) is 5.73 Å². The molecule has 1 heterocycles. The Morgan fingerprint density at radius 3 is 2.78 bits per heavy atom. The molecule has 0 saturated heterocycles. The Morgan fingerprint density at radius 1 is 1.28 bits per heavy atom. The van der Waals surface area contributed by atoms with Crippen molar-refractivity contribution in [3.63, 3.8) is 0 Å². The van der Waals surface area contributed by atoms with E-state index in [0.717, 1.165) is 29.6 Å². The number of rotatable bonds is 5. The van der Waals surface area contributed by atoms with Crippen molar-refractivity contribution in [3.05, 3.63) is 30.5 Å². The second kappa shape index (κ2) is 5.78. The van der Waals surface area contributed by atoms with Crippen molar-refractivity contribution in [1.29, 1.82) is 0 Å². The molecule has 0 amide bonds. The lowest BCUT2D eigenvalue weighted by Crippen LogP contribution is -2.33. The van der Waals surface area contributed by atoms with Gasteiger partial charge in [-0.15, -0.1) is 0 Å². The van der Waals surface area contributed by atoms with Crippen LogP contribution in [0.4, 0.5) is 5.69 Å². The summed E-state index contributed by atoms with van der Waals surface area (Å²) in [6, 6.07) is 8.53. The molecule has 2 rings (SSSR count). The maximum absolute atomic E-state index is 5.61. The van der Waals surface area contributed by atoms with E-state index in [9.17, 15) is 0 Å². The van der Waals surface area contributed by atoms with Crippen LogP contribution in [0.1, 0.15) is 20.3 Å². The van der Waals surface area contributed by atoms with Crippen LogP contribution in [0.15, 0.2) is 30.5 Å². The first-order valence-corrected chi connectivity index (χ1v) is 6.41. The van der Waals surface area contributed by atoms with Crippen LogP contribution in [-0.2, 0) is 0 Å². The predicted octanol–water partition coefficient (Wildman–Crippen LogP) is 2.19. The molecule has 0 radical (unpaired) electrons. The van der Waals surface area contributed by atoms with Gasteiger partial charge in [-0.3, -0.25) is 0 Å². The van der Waals surface area contributed by atoms with Gasteiger partial charge in [0.2, 0.25) is 0 Å². The molecule has 2 N–H and O–H groups in total. The molecule has 0 aliphatic rings. The third kappa shape index (κ3) is 2.59. The Hall–Kier alpha value is -1.68. The molecule has 1 aromatic carbocycles. The lowest BCUT2D eigenvalue weighted by molar-refractivity contribution is 0.657. The standard InChI is InChI=1S/C14H20N4/c1-11(2)18(9-5-8-15)14-10-16-17-13-7-4-3-6-12(13)14/h3-4,6-7,10-11H,5,8-9,15H2,1-2H3. The van der Waals surface area contributed by atoms with Crippen LogP contribution in [0.2, 0.25) is 0 Å². The van der Waals surface area contributed by atoms with E-state index in [0.29, 0.717) is 12.6 Å². The van der Waals surface area contributed by atoms with Crippen LogP contribution < -0.4 is 10.6 Å². The summed E-state index contributed by atoms with van der Waals surface area (Å²) in [7, 11) is 0. The maximum Gasteiger partial charge on any atom is 0.0950 e. The highest BCUT2D eigenvalue weighted by Gasteiger charge is 2.13. The van der Waals surface area contributed by atoms with Crippen molar-refractivity contribution >= 4 is 16.6 Å². The number of nitrogens with two attached hydrogens (primary N) is 1. The fraction of sp³-hybridized carbons (Fsp3) is 0.429. The first kappa shape index (κ1) is 12.8. The van der Waals surface area contributed by atoms with Crippen molar-refractivity contribution in [2.75, 3.05) is 18.0 Å². The van der Waals surface area contributed by atoms with Gasteiger partial charge in [0.05, 0.1) is 17.4 Å². The molecule has 0 aliphatic heterocycles. The van der Waals surface area contributed by atoms with Crippen molar-refractivity contribution < 1.29 is 0 Å². The number of hydrogen-bond donors (Lipinski definition) is 1. The van der Waals surface area contributed by atoms with Gasteiger partial charge in [-0.1, -0.05) is 18.2 Å². The zero-order valence-corrected chi connectivity index (χ0v) is 11.0. The summed E-state index contributed by atoms with van der Waals surface area (Å²) in [6.45, 7) is 6.03. The Kier molecular flexibility index (Phi) is 4.10. The fourth-order valence-corrected chi connectivity index (χ4v) is 2.14. The summed E-state index contributed by atoms with van der Waals surface area (Å²) in [5.74, 6) is 0. The lowest BCUT2D eigenvalue weighted by atomic mass is 10.1. The first-order chi connectivity index (χ1) is 8.74. The first-order valence-electron chi connectivity index (χ1n) is 6.41. The monoisotopic (exact) mass is 244 g/mol. The second-order valence-corrected chi connectivity index (χ2v) is 4.68. The van der Waals surface area contributed by atoms with E-state index in [2.05, 4.69) is 35.0 Å². The predicted molar refractivity (Wildman–Crippen MR) is 75.7 cm³/mol. The largest absolute Gasteiger partial charge is 0.367 e. The number of anilines is 1. The molecule has 4 heteroatoms. The molecule has 4 nitrogen and oxygen atoms in total. The number of benzene rings is 1. The highest BCUT2D eigenvalue weighted by molar-refractivity contribution is 5.90. The van der Waals surface area contributed by atoms with Crippen molar-refractivity contribution in [1.82, 2.24) is 10.2 Å². The quantitative estimate of drug-likeness (QED) is 0.876. The van der Waals surface area contributed by atoms with Gasteiger partial charge in [-0.25, -0.2) is 0 Å². The average molecular weight is 244 g/mol. The van der Waals surface area contributed by atoms with Gasteiger partial charge in [0.15, 0.2) is 0 Å². The third-order valence-electron chi connectivity index (χ3n) is 3.06. The molecule has 0 spiro atoms. The van der Waals surface area contributed by atoms with Crippen LogP contribution in [-0.4, -0.2) is 29.3 Å². The minimum atomic E-state index is 0.421. The molecule has 2 aromatic rings. The molecule has 0 bridgehead atoms. The molecular formula is C14H20N4. The van der Waals surface area contributed by atoms with E-state index >= 15 is 0 Å². The normalized spacial score (nSPS) is 11.1. The Balaban J connectivity index is 2.43. The van der Waals surface area contributed by atoms with E-state index < -0.39 is 0 Å². The molecule has 0 aliphatic carbocycles. The van der Waals surface area contributed by atoms with Crippen LogP contribution in [0.25, 0.3) is 10.9 Å². The smallest absolute Gasteiger partial charge is 0.0950 e. The van der Waals surface area contributed by atoms with Gasteiger partial charge in [0, 0.05) is 18.0 Å². The van der Waals surface area contributed by atoms with Gasteiger partial charge in [-0.2, -0.15) is 10.2 Å².